The maximum Gasteiger partial charge on any atom is 0.217 e. The number of aliphatic hydroxyl groups is 1. The SMILES string of the molecule is NC(=O)CCCCCCCCCCCCCCCCCCCO. The summed E-state index contributed by atoms with van der Waals surface area (Å²) in [5.41, 5.74) is 5.12. The fourth-order valence-electron chi connectivity index (χ4n) is 3.06. The average molecular weight is 328 g/mol. The van der Waals surface area contributed by atoms with E-state index in [4.69, 9.17) is 10.8 Å². The second kappa shape index (κ2) is 19.5. The van der Waals surface area contributed by atoms with Gasteiger partial charge in [0.15, 0.2) is 0 Å². The number of primary amides is 1. The van der Waals surface area contributed by atoms with Crippen molar-refractivity contribution in [3.63, 3.8) is 0 Å². The molecule has 0 saturated carbocycles. The van der Waals surface area contributed by atoms with Crippen LogP contribution in [0.1, 0.15) is 116 Å². The van der Waals surface area contributed by atoms with Crippen LogP contribution >= 0.6 is 0 Å². The normalized spacial score (nSPS) is 11.0. The zero-order valence-electron chi connectivity index (χ0n) is 15.4. The highest BCUT2D eigenvalue weighted by Gasteiger charge is 1.96. The zero-order valence-corrected chi connectivity index (χ0v) is 15.4. The third-order valence-corrected chi connectivity index (χ3v) is 4.58. The first-order valence-corrected chi connectivity index (χ1v) is 10.2. The molecule has 23 heavy (non-hydrogen) atoms. The summed E-state index contributed by atoms with van der Waals surface area (Å²) < 4.78 is 0. The lowest BCUT2D eigenvalue weighted by Crippen LogP contribution is -2.09. The molecule has 0 saturated heterocycles. The van der Waals surface area contributed by atoms with Gasteiger partial charge in [-0.05, 0) is 12.8 Å². The number of nitrogens with two attached hydrogens (primary N) is 1. The maximum atomic E-state index is 10.6. The number of carbonyl (C=O) groups is 1. The second-order valence-electron chi connectivity index (χ2n) is 6.95. The quantitative estimate of drug-likeness (QED) is 0.308. The molecule has 0 fully saturated rings. The van der Waals surface area contributed by atoms with Gasteiger partial charge in [0.25, 0.3) is 0 Å². The molecule has 0 aromatic rings. The van der Waals surface area contributed by atoms with Crippen molar-refractivity contribution < 1.29 is 9.90 Å². The second-order valence-corrected chi connectivity index (χ2v) is 6.95. The van der Waals surface area contributed by atoms with Crippen LogP contribution in [-0.4, -0.2) is 17.6 Å². The predicted octanol–water partition coefficient (Wildman–Crippen LogP) is 5.49. The van der Waals surface area contributed by atoms with Crippen LogP contribution in [0.2, 0.25) is 0 Å². The summed E-state index contributed by atoms with van der Waals surface area (Å²) in [7, 11) is 0. The Kier molecular flexibility index (Phi) is 19.0. The summed E-state index contributed by atoms with van der Waals surface area (Å²) in [5, 5.41) is 8.69. The number of hydrogen-bond acceptors (Lipinski definition) is 2. The highest BCUT2D eigenvalue weighted by atomic mass is 16.2. The third-order valence-electron chi connectivity index (χ3n) is 4.58. The lowest BCUT2D eigenvalue weighted by atomic mass is 10.0. The molecule has 0 bridgehead atoms. The Morgan fingerprint density at radius 2 is 0.783 bits per heavy atom. The highest BCUT2D eigenvalue weighted by Crippen LogP contribution is 2.14. The van der Waals surface area contributed by atoms with E-state index in [1.807, 2.05) is 0 Å². The summed E-state index contributed by atoms with van der Waals surface area (Å²) in [5.74, 6) is -0.160. The van der Waals surface area contributed by atoms with E-state index in [9.17, 15) is 4.79 Å². The molecule has 0 aromatic carbocycles. The van der Waals surface area contributed by atoms with E-state index in [0.29, 0.717) is 13.0 Å². The minimum atomic E-state index is -0.160. The van der Waals surface area contributed by atoms with Crippen molar-refractivity contribution in [3.8, 4) is 0 Å². The lowest BCUT2D eigenvalue weighted by molar-refractivity contribution is -0.118. The van der Waals surface area contributed by atoms with E-state index in [1.54, 1.807) is 0 Å². The summed E-state index contributed by atoms with van der Waals surface area (Å²) in [6.07, 6.45) is 22.6. The first kappa shape index (κ1) is 22.4. The van der Waals surface area contributed by atoms with Crippen LogP contribution in [0.3, 0.4) is 0 Å². The number of carbonyl (C=O) groups excluding carboxylic acids is 1. The van der Waals surface area contributed by atoms with Crippen LogP contribution in [0.5, 0.6) is 0 Å². The van der Waals surface area contributed by atoms with Crippen molar-refractivity contribution in [2.45, 2.75) is 116 Å². The van der Waals surface area contributed by atoms with Gasteiger partial charge in [0, 0.05) is 13.0 Å². The van der Waals surface area contributed by atoms with E-state index in [2.05, 4.69) is 0 Å². The fourth-order valence-corrected chi connectivity index (χ4v) is 3.06. The van der Waals surface area contributed by atoms with E-state index in [0.717, 1.165) is 19.3 Å². The Bertz CT molecular complexity index is 244. The fraction of sp³-hybridized carbons (Fsp3) is 0.950. The van der Waals surface area contributed by atoms with E-state index in [1.165, 1.54) is 89.9 Å². The first-order chi connectivity index (χ1) is 11.3. The monoisotopic (exact) mass is 327 g/mol. The minimum absolute atomic E-state index is 0.160. The number of amides is 1. The molecule has 1 amide bonds. The van der Waals surface area contributed by atoms with E-state index >= 15 is 0 Å². The van der Waals surface area contributed by atoms with Gasteiger partial charge in [-0.1, -0.05) is 96.3 Å². The van der Waals surface area contributed by atoms with Crippen molar-refractivity contribution in [1.82, 2.24) is 0 Å². The number of rotatable bonds is 19. The van der Waals surface area contributed by atoms with Crippen molar-refractivity contribution in [1.29, 1.82) is 0 Å². The van der Waals surface area contributed by atoms with Crippen LogP contribution < -0.4 is 5.73 Å². The van der Waals surface area contributed by atoms with Gasteiger partial charge in [-0.15, -0.1) is 0 Å². The molecular formula is C20H41NO2. The molecule has 0 aromatic heterocycles. The average Bonchev–Trinajstić information content (AvgIpc) is 2.53. The molecule has 0 atom stereocenters. The zero-order chi connectivity index (χ0) is 17.0. The largest absolute Gasteiger partial charge is 0.396 e. The maximum absolute atomic E-state index is 10.6. The van der Waals surface area contributed by atoms with Crippen molar-refractivity contribution >= 4 is 5.91 Å². The van der Waals surface area contributed by atoms with Gasteiger partial charge in [-0.25, -0.2) is 0 Å². The lowest BCUT2D eigenvalue weighted by Gasteiger charge is -2.03. The minimum Gasteiger partial charge on any atom is -0.396 e. The topological polar surface area (TPSA) is 63.3 Å². The highest BCUT2D eigenvalue weighted by molar-refractivity contribution is 5.73. The first-order valence-electron chi connectivity index (χ1n) is 10.2. The predicted molar refractivity (Wildman–Crippen MR) is 99.4 cm³/mol. The van der Waals surface area contributed by atoms with Crippen molar-refractivity contribution in [3.05, 3.63) is 0 Å². The van der Waals surface area contributed by atoms with Crippen molar-refractivity contribution in [2.24, 2.45) is 5.73 Å². The molecule has 0 aliphatic heterocycles. The molecule has 0 aliphatic carbocycles. The Labute approximate surface area is 144 Å². The summed E-state index contributed by atoms with van der Waals surface area (Å²) in [6, 6.07) is 0. The molecule has 3 nitrogen and oxygen atoms in total. The van der Waals surface area contributed by atoms with Gasteiger partial charge in [0.2, 0.25) is 5.91 Å². The molecule has 0 heterocycles. The Morgan fingerprint density at radius 1 is 0.522 bits per heavy atom. The van der Waals surface area contributed by atoms with Gasteiger partial charge in [0.05, 0.1) is 0 Å². The molecule has 0 spiro atoms. The van der Waals surface area contributed by atoms with Gasteiger partial charge in [0.1, 0.15) is 0 Å². The molecule has 0 unspecified atom stereocenters. The third kappa shape index (κ3) is 21.4. The molecule has 138 valence electrons. The molecule has 3 heteroatoms. The molecule has 0 radical (unpaired) electrons. The van der Waals surface area contributed by atoms with Crippen LogP contribution in [-0.2, 0) is 4.79 Å². The molecular weight excluding hydrogens is 286 g/mol. The number of hydrogen-bond donors (Lipinski definition) is 2. The summed E-state index contributed by atoms with van der Waals surface area (Å²) in [4.78, 5) is 10.6. The van der Waals surface area contributed by atoms with Gasteiger partial charge >= 0.3 is 0 Å². The van der Waals surface area contributed by atoms with Gasteiger partial charge < -0.3 is 10.8 Å². The Balaban J connectivity index is 2.96. The number of aliphatic hydroxyl groups excluding tert-OH is 1. The standard InChI is InChI=1S/C20H41NO2/c21-20(23)18-16-14-12-10-8-6-4-2-1-3-5-7-9-11-13-15-17-19-22/h22H,1-19H2,(H2,21,23). The van der Waals surface area contributed by atoms with Crippen molar-refractivity contribution in [2.75, 3.05) is 6.61 Å². The smallest absolute Gasteiger partial charge is 0.217 e. The van der Waals surface area contributed by atoms with E-state index in [-0.39, 0.29) is 5.91 Å². The van der Waals surface area contributed by atoms with Crippen LogP contribution in [0.25, 0.3) is 0 Å². The van der Waals surface area contributed by atoms with E-state index < -0.39 is 0 Å². The van der Waals surface area contributed by atoms with Gasteiger partial charge in [-0.2, -0.15) is 0 Å². The molecule has 0 rings (SSSR count). The molecule has 0 aliphatic rings. The molecule has 3 N–H and O–H groups in total. The summed E-state index contributed by atoms with van der Waals surface area (Å²) in [6.45, 7) is 0.356. The van der Waals surface area contributed by atoms with Crippen LogP contribution in [0, 0.1) is 0 Å². The Morgan fingerprint density at radius 3 is 1.04 bits per heavy atom. The Hall–Kier alpha value is -0.570. The summed E-state index contributed by atoms with van der Waals surface area (Å²) >= 11 is 0. The van der Waals surface area contributed by atoms with Gasteiger partial charge in [-0.3, -0.25) is 4.79 Å². The van der Waals surface area contributed by atoms with Crippen LogP contribution in [0.15, 0.2) is 0 Å². The number of unbranched alkanes of at least 4 members (excludes halogenated alkanes) is 16. The van der Waals surface area contributed by atoms with Crippen LogP contribution in [0.4, 0.5) is 0 Å².